The summed E-state index contributed by atoms with van der Waals surface area (Å²) in [4.78, 5) is 19.3. The van der Waals surface area contributed by atoms with Gasteiger partial charge in [0.15, 0.2) is 0 Å². The number of carboxylic acid groups (broad SMARTS) is 1. The summed E-state index contributed by atoms with van der Waals surface area (Å²) in [6.45, 7) is 2.44. The molecule has 0 radical (unpaired) electrons. The van der Waals surface area contributed by atoms with Gasteiger partial charge in [0.05, 0.1) is 4.90 Å². The summed E-state index contributed by atoms with van der Waals surface area (Å²) < 4.78 is 75.2. The van der Waals surface area contributed by atoms with Crippen LogP contribution in [0.5, 0.6) is 0 Å². The fraction of sp³-hybridized carbons (Fsp3) is 0.320. The van der Waals surface area contributed by atoms with Crippen LogP contribution in [-0.4, -0.2) is 77.1 Å². The predicted molar refractivity (Wildman–Crippen MR) is 134 cm³/mol. The Morgan fingerprint density at radius 2 is 1.54 bits per heavy atom. The van der Waals surface area contributed by atoms with Gasteiger partial charge in [-0.3, -0.25) is 4.90 Å². The van der Waals surface area contributed by atoms with Crippen molar-refractivity contribution in [1.82, 2.24) is 19.2 Å². The Hall–Kier alpha value is -3.62. The monoisotopic (exact) mass is 567 g/mol. The quantitative estimate of drug-likeness (QED) is 0.447. The van der Waals surface area contributed by atoms with Crippen molar-refractivity contribution >= 4 is 21.9 Å². The second-order valence-electron chi connectivity index (χ2n) is 8.99. The number of piperazine rings is 1. The zero-order chi connectivity index (χ0) is 28.4. The first kappa shape index (κ1) is 28.4. The number of halogens is 4. The van der Waals surface area contributed by atoms with Crippen LogP contribution in [0.2, 0.25) is 0 Å². The number of nitrogen functional groups attached to an aromatic ring is 1. The SMILES string of the molecule is Nc1ncc(-c2ccc(-c3ccccc3S(=O)(=O)N3CCN(C4CC4)CC3)cc2F)cn1.O=C(O)C(F)(F)F. The highest BCUT2D eigenvalue weighted by Crippen LogP contribution is 2.34. The topological polar surface area (TPSA) is 130 Å². The predicted octanol–water partition coefficient (Wildman–Crippen LogP) is 3.63. The van der Waals surface area contributed by atoms with Crippen molar-refractivity contribution in [2.24, 2.45) is 0 Å². The highest BCUT2D eigenvalue weighted by Gasteiger charge is 2.38. The van der Waals surface area contributed by atoms with Gasteiger partial charge in [-0.2, -0.15) is 17.5 Å². The van der Waals surface area contributed by atoms with Crippen LogP contribution in [0, 0.1) is 5.82 Å². The van der Waals surface area contributed by atoms with Gasteiger partial charge in [-0.25, -0.2) is 27.6 Å². The molecule has 0 bridgehead atoms. The molecular weight excluding hydrogens is 542 g/mol. The van der Waals surface area contributed by atoms with Crippen LogP contribution in [0.4, 0.5) is 23.5 Å². The number of nitrogens with two attached hydrogens (primary N) is 1. The minimum Gasteiger partial charge on any atom is -0.475 e. The first-order valence-electron chi connectivity index (χ1n) is 11.9. The van der Waals surface area contributed by atoms with Gasteiger partial charge in [-0.15, -0.1) is 0 Å². The number of alkyl halides is 3. The molecule has 2 aromatic carbocycles. The molecular formula is C25H25F4N5O4S. The molecule has 9 nitrogen and oxygen atoms in total. The van der Waals surface area contributed by atoms with Crippen LogP contribution in [-0.2, 0) is 14.8 Å². The van der Waals surface area contributed by atoms with Gasteiger partial charge in [-0.05, 0) is 30.5 Å². The number of benzene rings is 2. The summed E-state index contributed by atoms with van der Waals surface area (Å²) in [7, 11) is -3.70. The Kier molecular flexibility index (Phi) is 8.18. The Labute approximate surface area is 222 Å². The number of hydrogen-bond acceptors (Lipinski definition) is 7. The van der Waals surface area contributed by atoms with Gasteiger partial charge < -0.3 is 10.8 Å². The van der Waals surface area contributed by atoms with Crippen molar-refractivity contribution in [3.8, 4) is 22.3 Å². The number of rotatable bonds is 5. The van der Waals surface area contributed by atoms with E-state index in [0.29, 0.717) is 41.4 Å². The molecule has 0 unspecified atom stereocenters. The lowest BCUT2D eigenvalue weighted by Gasteiger charge is -2.34. The number of hydrogen-bond donors (Lipinski definition) is 2. The average Bonchev–Trinajstić information content (AvgIpc) is 3.75. The summed E-state index contributed by atoms with van der Waals surface area (Å²) in [5.74, 6) is -3.13. The summed E-state index contributed by atoms with van der Waals surface area (Å²) in [6.07, 6.45) is 0.249. The fourth-order valence-electron chi connectivity index (χ4n) is 4.21. The van der Waals surface area contributed by atoms with Gasteiger partial charge in [0.2, 0.25) is 16.0 Å². The van der Waals surface area contributed by atoms with Crippen molar-refractivity contribution in [2.75, 3.05) is 31.9 Å². The normalized spacial score (nSPS) is 16.8. The Bertz CT molecular complexity index is 1440. The largest absolute Gasteiger partial charge is 0.490 e. The van der Waals surface area contributed by atoms with Gasteiger partial charge in [-0.1, -0.05) is 30.3 Å². The molecule has 5 rings (SSSR count). The number of aromatic nitrogens is 2. The number of carbonyl (C=O) groups is 1. The zero-order valence-corrected chi connectivity index (χ0v) is 21.3. The van der Waals surface area contributed by atoms with E-state index >= 15 is 0 Å². The minimum absolute atomic E-state index is 0.114. The maximum atomic E-state index is 15.0. The number of aliphatic carboxylic acids is 1. The second-order valence-corrected chi connectivity index (χ2v) is 10.9. The zero-order valence-electron chi connectivity index (χ0n) is 20.5. The van der Waals surface area contributed by atoms with Crippen molar-refractivity contribution in [3.63, 3.8) is 0 Å². The minimum atomic E-state index is -5.08. The van der Waals surface area contributed by atoms with E-state index in [1.54, 1.807) is 40.7 Å². The second kappa shape index (κ2) is 11.2. The van der Waals surface area contributed by atoms with Gasteiger partial charge in [0.1, 0.15) is 5.82 Å². The van der Waals surface area contributed by atoms with E-state index in [0.717, 1.165) is 13.1 Å². The van der Waals surface area contributed by atoms with E-state index in [9.17, 15) is 26.0 Å². The molecule has 1 aromatic heterocycles. The number of anilines is 1. The van der Waals surface area contributed by atoms with Crippen LogP contribution in [0.25, 0.3) is 22.3 Å². The molecule has 39 heavy (non-hydrogen) atoms. The van der Waals surface area contributed by atoms with Crippen LogP contribution in [0.1, 0.15) is 12.8 Å². The van der Waals surface area contributed by atoms with E-state index in [2.05, 4.69) is 14.9 Å². The van der Waals surface area contributed by atoms with Crippen LogP contribution in [0.15, 0.2) is 59.8 Å². The van der Waals surface area contributed by atoms with E-state index < -0.39 is 28.0 Å². The van der Waals surface area contributed by atoms with Gasteiger partial charge >= 0.3 is 12.1 Å². The van der Waals surface area contributed by atoms with E-state index in [1.165, 1.54) is 31.3 Å². The molecule has 1 aliphatic heterocycles. The first-order chi connectivity index (χ1) is 18.4. The smallest absolute Gasteiger partial charge is 0.475 e. The number of sulfonamides is 1. The number of carboxylic acids is 1. The third-order valence-electron chi connectivity index (χ3n) is 6.35. The Morgan fingerprint density at radius 3 is 2.08 bits per heavy atom. The van der Waals surface area contributed by atoms with E-state index in [4.69, 9.17) is 15.6 Å². The first-order valence-corrected chi connectivity index (χ1v) is 13.3. The van der Waals surface area contributed by atoms with Crippen LogP contribution >= 0.6 is 0 Å². The Balaban J connectivity index is 0.000000448. The molecule has 1 saturated carbocycles. The summed E-state index contributed by atoms with van der Waals surface area (Å²) in [5, 5.41) is 7.12. The van der Waals surface area contributed by atoms with Crippen molar-refractivity contribution in [1.29, 1.82) is 0 Å². The molecule has 1 saturated heterocycles. The molecule has 208 valence electrons. The highest BCUT2D eigenvalue weighted by atomic mass is 32.2. The van der Waals surface area contributed by atoms with E-state index in [1.807, 2.05) is 0 Å². The molecule has 3 aromatic rings. The highest BCUT2D eigenvalue weighted by molar-refractivity contribution is 7.89. The molecule has 0 atom stereocenters. The van der Waals surface area contributed by atoms with Crippen LogP contribution in [0.3, 0.4) is 0 Å². The molecule has 1 aliphatic carbocycles. The lowest BCUT2D eigenvalue weighted by molar-refractivity contribution is -0.192. The maximum Gasteiger partial charge on any atom is 0.490 e. The average molecular weight is 568 g/mol. The third kappa shape index (κ3) is 6.69. The summed E-state index contributed by atoms with van der Waals surface area (Å²) in [5.41, 5.74) is 7.31. The van der Waals surface area contributed by atoms with Gasteiger partial charge in [0.25, 0.3) is 0 Å². The van der Waals surface area contributed by atoms with Crippen molar-refractivity contribution in [2.45, 2.75) is 30.0 Å². The van der Waals surface area contributed by atoms with Crippen LogP contribution < -0.4 is 5.73 Å². The fourth-order valence-corrected chi connectivity index (χ4v) is 5.85. The third-order valence-corrected chi connectivity index (χ3v) is 8.30. The lowest BCUT2D eigenvalue weighted by Crippen LogP contribution is -2.49. The van der Waals surface area contributed by atoms with Crippen molar-refractivity contribution in [3.05, 3.63) is 60.7 Å². The summed E-state index contributed by atoms with van der Waals surface area (Å²) in [6, 6.07) is 12.1. The standard InChI is InChI=1S/C23H24FN5O2S.C2HF3O2/c24-21-13-16(5-8-19(21)17-14-26-23(25)27-15-17)20-3-1-2-4-22(20)32(30,31)29-11-9-28(10-12-29)18-6-7-18;3-2(4,5)1(6)7/h1-5,8,13-15,18H,6-7,9-12H2,(H2,25,26,27);(H,6,7). The molecule has 2 aliphatic rings. The molecule has 2 fully saturated rings. The lowest BCUT2D eigenvalue weighted by atomic mass is 10.0. The molecule has 0 spiro atoms. The molecule has 14 heteroatoms. The molecule has 0 amide bonds. The van der Waals surface area contributed by atoms with Crippen molar-refractivity contribution < 1.29 is 35.9 Å². The van der Waals surface area contributed by atoms with Gasteiger partial charge in [0, 0.05) is 61.3 Å². The molecule has 3 N–H and O–H groups in total. The number of nitrogens with zero attached hydrogens (tertiary/aromatic N) is 4. The summed E-state index contributed by atoms with van der Waals surface area (Å²) >= 11 is 0. The Morgan fingerprint density at radius 1 is 0.949 bits per heavy atom. The van der Waals surface area contributed by atoms with E-state index in [-0.39, 0.29) is 10.8 Å². The molecule has 2 heterocycles. The maximum absolute atomic E-state index is 15.0.